The number of carboxylic acid groups (broad SMARTS) is 1. The van der Waals surface area contributed by atoms with Gasteiger partial charge in [0.1, 0.15) is 0 Å². The molecule has 0 atom stereocenters. The maximum absolute atomic E-state index is 12.0. The predicted molar refractivity (Wildman–Crippen MR) is 83.7 cm³/mol. The number of rotatable bonds is 6. The number of sulfonamides is 1. The Morgan fingerprint density at radius 2 is 2.14 bits per heavy atom. The fraction of sp³-hybridized carbons (Fsp3) is 0.231. The summed E-state index contributed by atoms with van der Waals surface area (Å²) in [6.07, 6.45) is 1.47. The minimum atomic E-state index is -3.60. The maximum atomic E-state index is 12.0. The van der Waals surface area contributed by atoms with E-state index in [2.05, 4.69) is 25.6 Å². The van der Waals surface area contributed by atoms with E-state index in [9.17, 15) is 13.2 Å². The fourth-order valence-electron chi connectivity index (χ4n) is 1.85. The summed E-state index contributed by atoms with van der Waals surface area (Å²) in [5.41, 5.74) is 0.929. The molecule has 6 nitrogen and oxygen atoms in total. The number of hydrogen-bond donors (Lipinski definition) is 2. The molecule has 2 rings (SSSR count). The standard InChI is InChI=1S/C13H13BrN2O4S/c14-10-7-9-3-1-4-11(13(9)15-8-10)16-21(19,20)6-2-5-12(17)18/h1,3-4,7-8,16H,2,5-6H2,(H,17,18). The monoisotopic (exact) mass is 372 g/mol. The molecule has 0 saturated heterocycles. The molecule has 0 aliphatic rings. The summed E-state index contributed by atoms with van der Waals surface area (Å²) < 4.78 is 27.2. The molecule has 21 heavy (non-hydrogen) atoms. The third-order valence-corrected chi connectivity index (χ3v) is 4.54. The van der Waals surface area contributed by atoms with Crippen molar-refractivity contribution in [3.63, 3.8) is 0 Å². The number of nitrogens with zero attached hydrogens (tertiary/aromatic N) is 1. The van der Waals surface area contributed by atoms with Crippen molar-refractivity contribution in [1.29, 1.82) is 0 Å². The van der Waals surface area contributed by atoms with Crippen molar-refractivity contribution in [3.05, 3.63) is 34.9 Å². The number of pyridine rings is 1. The zero-order valence-corrected chi connectivity index (χ0v) is 13.3. The van der Waals surface area contributed by atoms with Crippen LogP contribution in [0, 0.1) is 0 Å². The molecule has 2 N–H and O–H groups in total. The number of carboxylic acids is 1. The summed E-state index contributed by atoms with van der Waals surface area (Å²) in [5.74, 6) is -1.26. The Kier molecular flexibility index (Phi) is 4.79. The van der Waals surface area contributed by atoms with Crippen LogP contribution in [0.1, 0.15) is 12.8 Å². The van der Waals surface area contributed by atoms with Crippen LogP contribution in [0.25, 0.3) is 10.9 Å². The smallest absolute Gasteiger partial charge is 0.303 e. The second kappa shape index (κ2) is 6.40. The van der Waals surface area contributed by atoms with Crippen LogP contribution in [-0.4, -0.2) is 30.2 Å². The Labute approximate surface area is 130 Å². The summed E-state index contributed by atoms with van der Waals surface area (Å²) in [6, 6.07) is 7.02. The number of hydrogen-bond acceptors (Lipinski definition) is 4. The van der Waals surface area contributed by atoms with Crippen molar-refractivity contribution in [2.45, 2.75) is 12.8 Å². The molecule has 0 aliphatic carbocycles. The highest BCUT2D eigenvalue weighted by atomic mass is 79.9. The van der Waals surface area contributed by atoms with E-state index >= 15 is 0 Å². The van der Waals surface area contributed by atoms with Gasteiger partial charge in [0, 0.05) is 22.5 Å². The van der Waals surface area contributed by atoms with E-state index in [1.54, 1.807) is 18.3 Å². The molecule has 0 bridgehead atoms. The Balaban J connectivity index is 2.21. The van der Waals surface area contributed by atoms with Gasteiger partial charge in [0.05, 0.1) is 17.0 Å². The fourth-order valence-corrected chi connectivity index (χ4v) is 3.32. The highest BCUT2D eigenvalue weighted by Crippen LogP contribution is 2.24. The number of nitrogens with one attached hydrogen (secondary N) is 1. The van der Waals surface area contributed by atoms with E-state index in [0.717, 1.165) is 9.86 Å². The minimum Gasteiger partial charge on any atom is -0.481 e. The van der Waals surface area contributed by atoms with Gasteiger partial charge in [-0.25, -0.2) is 8.42 Å². The molecule has 0 fully saturated rings. The van der Waals surface area contributed by atoms with Crippen molar-refractivity contribution in [2.75, 3.05) is 10.5 Å². The summed E-state index contributed by atoms with van der Waals surface area (Å²) >= 11 is 3.31. The zero-order chi connectivity index (χ0) is 15.5. The molecular formula is C13H13BrN2O4S. The summed E-state index contributed by atoms with van der Waals surface area (Å²) in [4.78, 5) is 14.6. The van der Waals surface area contributed by atoms with Gasteiger partial charge in [-0.15, -0.1) is 0 Å². The van der Waals surface area contributed by atoms with Gasteiger partial charge in [0.25, 0.3) is 0 Å². The number of halogens is 1. The molecule has 8 heteroatoms. The second-order valence-electron chi connectivity index (χ2n) is 4.45. The van der Waals surface area contributed by atoms with Crippen LogP contribution >= 0.6 is 15.9 Å². The summed E-state index contributed by atoms with van der Waals surface area (Å²) in [5, 5.41) is 9.34. The van der Waals surface area contributed by atoms with Crippen LogP contribution in [0.3, 0.4) is 0 Å². The lowest BCUT2D eigenvalue weighted by atomic mass is 10.2. The number of aromatic nitrogens is 1. The predicted octanol–water partition coefficient (Wildman–Crippen LogP) is 2.60. The largest absolute Gasteiger partial charge is 0.481 e. The van der Waals surface area contributed by atoms with E-state index in [1.807, 2.05) is 12.1 Å². The third kappa shape index (κ3) is 4.40. The average Bonchev–Trinajstić information content (AvgIpc) is 2.37. The van der Waals surface area contributed by atoms with Gasteiger partial charge >= 0.3 is 5.97 Å². The Hall–Kier alpha value is -1.67. The molecule has 0 radical (unpaired) electrons. The molecule has 0 unspecified atom stereocenters. The Bertz CT molecular complexity index is 777. The van der Waals surface area contributed by atoms with Crippen LogP contribution < -0.4 is 4.72 Å². The van der Waals surface area contributed by atoms with Crippen molar-refractivity contribution in [2.24, 2.45) is 0 Å². The first-order valence-electron chi connectivity index (χ1n) is 6.14. The van der Waals surface area contributed by atoms with Crippen LogP contribution in [0.4, 0.5) is 5.69 Å². The number of benzene rings is 1. The van der Waals surface area contributed by atoms with Crippen molar-refractivity contribution in [3.8, 4) is 0 Å². The molecule has 112 valence electrons. The Morgan fingerprint density at radius 3 is 2.86 bits per heavy atom. The first-order chi connectivity index (χ1) is 9.87. The molecule has 1 aromatic carbocycles. The van der Waals surface area contributed by atoms with Crippen molar-refractivity contribution >= 4 is 48.5 Å². The van der Waals surface area contributed by atoms with Crippen LogP contribution in [-0.2, 0) is 14.8 Å². The van der Waals surface area contributed by atoms with Gasteiger partial charge in [0.2, 0.25) is 10.0 Å². The van der Waals surface area contributed by atoms with Gasteiger partial charge in [-0.05, 0) is 34.5 Å². The molecule has 0 spiro atoms. The van der Waals surface area contributed by atoms with E-state index in [1.165, 1.54) is 0 Å². The first-order valence-corrected chi connectivity index (χ1v) is 8.58. The van der Waals surface area contributed by atoms with E-state index in [4.69, 9.17) is 5.11 Å². The van der Waals surface area contributed by atoms with Crippen molar-refractivity contribution in [1.82, 2.24) is 4.98 Å². The van der Waals surface area contributed by atoms with Gasteiger partial charge in [0.15, 0.2) is 0 Å². The molecule has 2 aromatic rings. The molecule has 0 aliphatic heterocycles. The summed E-state index contributed by atoms with van der Waals surface area (Å²) in [6.45, 7) is 0. The molecule has 0 saturated carbocycles. The number of aliphatic carboxylic acids is 1. The SMILES string of the molecule is O=C(O)CCCS(=O)(=O)Nc1cccc2cc(Br)cnc12. The highest BCUT2D eigenvalue weighted by molar-refractivity contribution is 9.10. The molecular weight excluding hydrogens is 360 g/mol. The van der Waals surface area contributed by atoms with E-state index < -0.39 is 16.0 Å². The van der Waals surface area contributed by atoms with Crippen molar-refractivity contribution < 1.29 is 18.3 Å². The van der Waals surface area contributed by atoms with Gasteiger partial charge in [-0.1, -0.05) is 12.1 Å². The number of fused-ring (bicyclic) bond motifs is 1. The van der Waals surface area contributed by atoms with Gasteiger partial charge in [-0.2, -0.15) is 0 Å². The topological polar surface area (TPSA) is 96.4 Å². The molecule has 1 aromatic heterocycles. The number of carbonyl (C=O) groups is 1. The maximum Gasteiger partial charge on any atom is 0.303 e. The lowest BCUT2D eigenvalue weighted by molar-refractivity contribution is -0.137. The first kappa shape index (κ1) is 15.7. The lowest BCUT2D eigenvalue weighted by Crippen LogP contribution is -2.17. The lowest BCUT2D eigenvalue weighted by Gasteiger charge is -2.09. The molecule has 0 amide bonds. The number of para-hydroxylation sites is 1. The van der Waals surface area contributed by atoms with Crippen LogP contribution in [0.15, 0.2) is 34.9 Å². The zero-order valence-electron chi connectivity index (χ0n) is 10.9. The highest BCUT2D eigenvalue weighted by Gasteiger charge is 2.13. The second-order valence-corrected chi connectivity index (χ2v) is 7.21. The van der Waals surface area contributed by atoms with Crippen LogP contribution in [0.2, 0.25) is 0 Å². The Morgan fingerprint density at radius 1 is 1.38 bits per heavy atom. The summed E-state index contributed by atoms with van der Waals surface area (Å²) in [7, 11) is -3.60. The average molecular weight is 373 g/mol. The van der Waals surface area contributed by atoms with E-state index in [-0.39, 0.29) is 18.6 Å². The number of anilines is 1. The van der Waals surface area contributed by atoms with Crippen LogP contribution in [0.5, 0.6) is 0 Å². The van der Waals surface area contributed by atoms with E-state index in [0.29, 0.717) is 11.2 Å². The van der Waals surface area contributed by atoms with Gasteiger partial charge < -0.3 is 5.11 Å². The normalized spacial score (nSPS) is 11.5. The molecule has 1 heterocycles. The van der Waals surface area contributed by atoms with Gasteiger partial charge in [-0.3, -0.25) is 14.5 Å². The minimum absolute atomic E-state index is 0.0639. The third-order valence-electron chi connectivity index (χ3n) is 2.75. The quantitative estimate of drug-likeness (QED) is 0.812.